The maximum absolute atomic E-state index is 13.0. The summed E-state index contributed by atoms with van der Waals surface area (Å²) in [6.45, 7) is 5.06. The SMILES string of the molecule is CC(C)OCCCNC(=O)c1cn2cc(F)ccc2n1. The number of carbonyl (C=O) groups excluding carboxylic acids is 1. The molecule has 1 N–H and O–H groups in total. The highest BCUT2D eigenvalue weighted by molar-refractivity contribution is 5.92. The summed E-state index contributed by atoms with van der Waals surface area (Å²) in [5.41, 5.74) is 0.820. The summed E-state index contributed by atoms with van der Waals surface area (Å²) >= 11 is 0. The lowest BCUT2D eigenvalue weighted by atomic mass is 10.4. The normalized spacial score (nSPS) is 11.2. The van der Waals surface area contributed by atoms with Gasteiger partial charge < -0.3 is 14.5 Å². The molecule has 0 bridgehead atoms. The first-order chi connectivity index (χ1) is 9.56. The van der Waals surface area contributed by atoms with E-state index >= 15 is 0 Å². The average Bonchev–Trinajstić information content (AvgIpc) is 2.80. The molecule has 1 amide bonds. The van der Waals surface area contributed by atoms with E-state index in [0.717, 1.165) is 6.42 Å². The Bertz CT molecular complexity index is 595. The van der Waals surface area contributed by atoms with Gasteiger partial charge in [-0.2, -0.15) is 0 Å². The lowest BCUT2D eigenvalue weighted by Gasteiger charge is -2.07. The molecule has 5 nitrogen and oxygen atoms in total. The number of aromatic nitrogens is 2. The minimum Gasteiger partial charge on any atom is -0.379 e. The predicted molar refractivity (Wildman–Crippen MR) is 73.2 cm³/mol. The van der Waals surface area contributed by atoms with Gasteiger partial charge in [-0.15, -0.1) is 0 Å². The van der Waals surface area contributed by atoms with Crippen LogP contribution in [0, 0.1) is 5.82 Å². The van der Waals surface area contributed by atoms with Crippen LogP contribution < -0.4 is 5.32 Å². The van der Waals surface area contributed by atoms with Gasteiger partial charge in [-0.05, 0) is 32.4 Å². The zero-order valence-corrected chi connectivity index (χ0v) is 11.6. The van der Waals surface area contributed by atoms with Crippen molar-refractivity contribution >= 4 is 11.6 Å². The number of nitrogens with one attached hydrogen (secondary N) is 1. The number of nitrogens with zero attached hydrogens (tertiary/aromatic N) is 2. The summed E-state index contributed by atoms with van der Waals surface area (Å²) in [6, 6.07) is 2.84. The van der Waals surface area contributed by atoms with E-state index in [4.69, 9.17) is 4.74 Å². The monoisotopic (exact) mass is 279 g/mol. The van der Waals surface area contributed by atoms with E-state index in [-0.39, 0.29) is 23.5 Å². The summed E-state index contributed by atoms with van der Waals surface area (Å²) in [4.78, 5) is 16.0. The van der Waals surface area contributed by atoms with Crippen LogP contribution in [0.1, 0.15) is 30.8 Å². The largest absolute Gasteiger partial charge is 0.379 e. The van der Waals surface area contributed by atoms with Crippen molar-refractivity contribution in [2.45, 2.75) is 26.4 Å². The van der Waals surface area contributed by atoms with Crippen LogP contribution >= 0.6 is 0 Å². The van der Waals surface area contributed by atoms with Gasteiger partial charge in [0.25, 0.3) is 5.91 Å². The van der Waals surface area contributed by atoms with Crippen LogP contribution in [0.3, 0.4) is 0 Å². The number of halogens is 1. The van der Waals surface area contributed by atoms with Crippen LogP contribution in [0.2, 0.25) is 0 Å². The Morgan fingerprint density at radius 2 is 2.25 bits per heavy atom. The Kier molecular flexibility index (Phi) is 4.68. The van der Waals surface area contributed by atoms with Gasteiger partial charge in [0.05, 0.1) is 6.10 Å². The number of imidazole rings is 1. The Morgan fingerprint density at radius 1 is 1.45 bits per heavy atom. The summed E-state index contributed by atoms with van der Waals surface area (Å²) in [7, 11) is 0. The average molecular weight is 279 g/mol. The number of pyridine rings is 1. The van der Waals surface area contributed by atoms with Gasteiger partial charge in [-0.1, -0.05) is 0 Å². The minimum atomic E-state index is -0.368. The van der Waals surface area contributed by atoms with Crippen LogP contribution in [0.4, 0.5) is 4.39 Å². The number of hydrogen-bond donors (Lipinski definition) is 1. The van der Waals surface area contributed by atoms with Gasteiger partial charge >= 0.3 is 0 Å². The fourth-order valence-electron chi connectivity index (χ4n) is 1.76. The van der Waals surface area contributed by atoms with Crippen molar-refractivity contribution in [2.24, 2.45) is 0 Å². The second-order valence-electron chi connectivity index (χ2n) is 4.77. The van der Waals surface area contributed by atoms with E-state index < -0.39 is 0 Å². The molecule has 2 aromatic rings. The second kappa shape index (κ2) is 6.47. The Balaban J connectivity index is 1.88. The molecule has 0 aliphatic rings. The Hall–Kier alpha value is -1.95. The van der Waals surface area contributed by atoms with Gasteiger partial charge in [-0.25, -0.2) is 9.37 Å². The fraction of sp³-hybridized carbons (Fsp3) is 0.429. The molecule has 0 spiro atoms. The molecule has 0 fully saturated rings. The van der Waals surface area contributed by atoms with Crippen molar-refractivity contribution < 1.29 is 13.9 Å². The van der Waals surface area contributed by atoms with Gasteiger partial charge in [0, 0.05) is 25.5 Å². The number of amides is 1. The molecular weight excluding hydrogens is 261 g/mol. The highest BCUT2D eigenvalue weighted by Gasteiger charge is 2.10. The highest BCUT2D eigenvalue weighted by atomic mass is 19.1. The van der Waals surface area contributed by atoms with Crippen molar-refractivity contribution in [3.05, 3.63) is 36.0 Å². The van der Waals surface area contributed by atoms with Crippen molar-refractivity contribution in [2.75, 3.05) is 13.2 Å². The Morgan fingerprint density at radius 3 is 3.00 bits per heavy atom. The molecule has 0 atom stereocenters. The minimum absolute atomic E-state index is 0.194. The van der Waals surface area contributed by atoms with E-state index in [1.165, 1.54) is 28.9 Å². The molecule has 108 valence electrons. The van der Waals surface area contributed by atoms with Crippen molar-refractivity contribution in [3.63, 3.8) is 0 Å². The molecular formula is C14H18FN3O2. The standard InChI is InChI=1S/C14H18FN3O2/c1-10(2)20-7-3-6-16-14(19)12-9-18-8-11(15)4-5-13(18)17-12/h4-5,8-10H,3,6-7H2,1-2H3,(H,16,19). The third-order valence-electron chi connectivity index (χ3n) is 2.71. The van der Waals surface area contributed by atoms with Gasteiger partial charge in [0.1, 0.15) is 17.2 Å². The van der Waals surface area contributed by atoms with E-state index in [1.807, 2.05) is 13.8 Å². The first-order valence-electron chi connectivity index (χ1n) is 6.60. The molecule has 2 aromatic heterocycles. The molecule has 0 unspecified atom stereocenters. The number of hydrogen-bond acceptors (Lipinski definition) is 3. The molecule has 20 heavy (non-hydrogen) atoms. The quantitative estimate of drug-likeness (QED) is 0.823. The van der Waals surface area contributed by atoms with Crippen LogP contribution in [0.25, 0.3) is 5.65 Å². The van der Waals surface area contributed by atoms with Crippen molar-refractivity contribution in [3.8, 4) is 0 Å². The summed E-state index contributed by atoms with van der Waals surface area (Å²) < 4.78 is 19.9. The van der Waals surface area contributed by atoms with E-state index in [0.29, 0.717) is 18.8 Å². The summed E-state index contributed by atoms with van der Waals surface area (Å²) in [5.74, 6) is -0.633. The smallest absolute Gasteiger partial charge is 0.271 e. The number of rotatable bonds is 6. The fourth-order valence-corrected chi connectivity index (χ4v) is 1.76. The second-order valence-corrected chi connectivity index (χ2v) is 4.77. The Labute approximate surface area is 116 Å². The molecule has 0 saturated heterocycles. The van der Waals surface area contributed by atoms with E-state index in [2.05, 4.69) is 10.3 Å². The van der Waals surface area contributed by atoms with Crippen LogP contribution in [0.5, 0.6) is 0 Å². The summed E-state index contributed by atoms with van der Waals surface area (Å²) in [5, 5.41) is 2.76. The molecule has 0 aromatic carbocycles. The zero-order valence-electron chi connectivity index (χ0n) is 11.6. The molecule has 0 radical (unpaired) electrons. The predicted octanol–water partition coefficient (Wildman–Crippen LogP) is 2.02. The third kappa shape index (κ3) is 3.77. The number of carbonyl (C=O) groups is 1. The summed E-state index contributed by atoms with van der Waals surface area (Å²) in [6.07, 6.45) is 3.74. The van der Waals surface area contributed by atoms with Crippen molar-refractivity contribution in [1.29, 1.82) is 0 Å². The van der Waals surface area contributed by atoms with E-state index in [1.54, 1.807) is 0 Å². The molecule has 0 aliphatic heterocycles. The van der Waals surface area contributed by atoms with Crippen LogP contribution in [-0.4, -0.2) is 34.5 Å². The topological polar surface area (TPSA) is 55.6 Å². The van der Waals surface area contributed by atoms with Gasteiger partial charge in [-0.3, -0.25) is 4.79 Å². The van der Waals surface area contributed by atoms with Crippen LogP contribution in [-0.2, 0) is 4.74 Å². The van der Waals surface area contributed by atoms with Crippen molar-refractivity contribution in [1.82, 2.24) is 14.7 Å². The molecule has 6 heteroatoms. The molecule has 0 aliphatic carbocycles. The van der Waals surface area contributed by atoms with Gasteiger partial charge in [0.15, 0.2) is 0 Å². The van der Waals surface area contributed by atoms with Crippen LogP contribution in [0.15, 0.2) is 24.5 Å². The number of fused-ring (bicyclic) bond motifs is 1. The number of ether oxygens (including phenoxy) is 1. The lowest BCUT2D eigenvalue weighted by molar-refractivity contribution is 0.0756. The maximum atomic E-state index is 13.0. The highest BCUT2D eigenvalue weighted by Crippen LogP contribution is 2.06. The first kappa shape index (κ1) is 14.5. The molecule has 2 heterocycles. The van der Waals surface area contributed by atoms with E-state index in [9.17, 15) is 9.18 Å². The molecule has 0 saturated carbocycles. The zero-order chi connectivity index (χ0) is 14.5. The third-order valence-corrected chi connectivity index (χ3v) is 2.71. The maximum Gasteiger partial charge on any atom is 0.271 e. The van der Waals surface area contributed by atoms with Gasteiger partial charge in [0.2, 0.25) is 0 Å². The first-order valence-corrected chi connectivity index (χ1v) is 6.60. The molecule has 2 rings (SSSR count). The lowest BCUT2D eigenvalue weighted by Crippen LogP contribution is -2.25.